The van der Waals surface area contributed by atoms with Gasteiger partial charge in [0.15, 0.2) is 0 Å². The average molecular weight is 269 g/mol. The van der Waals surface area contributed by atoms with Gasteiger partial charge in [0.05, 0.1) is 5.75 Å². The summed E-state index contributed by atoms with van der Waals surface area (Å²) in [6.45, 7) is 4.40. The molecular formula is C10H23NO3S2. The van der Waals surface area contributed by atoms with Gasteiger partial charge in [-0.05, 0) is 26.3 Å². The molecule has 0 saturated heterocycles. The second kappa shape index (κ2) is 8.20. The zero-order chi connectivity index (χ0) is 12.6. The minimum atomic E-state index is -2.83. The van der Waals surface area contributed by atoms with Gasteiger partial charge in [-0.3, -0.25) is 4.21 Å². The Balaban J connectivity index is 3.55. The summed E-state index contributed by atoms with van der Waals surface area (Å²) in [5, 5.41) is 3.24. The highest BCUT2D eigenvalue weighted by molar-refractivity contribution is 7.91. The number of hydrogen-bond acceptors (Lipinski definition) is 4. The topological polar surface area (TPSA) is 63.2 Å². The molecule has 0 radical (unpaired) electrons. The van der Waals surface area contributed by atoms with Crippen LogP contribution in [0.1, 0.15) is 26.7 Å². The molecule has 2 unspecified atom stereocenters. The molecule has 0 aromatic rings. The smallest absolute Gasteiger partial charge is 0.150 e. The van der Waals surface area contributed by atoms with E-state index in [4.69, 9.17) is 0 Å². The van der Waals surface area contributed by atoms with Crippen molar-refractivity contribution in [3.05, 3.63) is 0 Å². The Morgan fingerprint density at radius 1 is 1.38 bits per heavy atom. The molecule has 0 aromatic carbocycles. The Morgan fingerprint density at radius 3 is 2.50 bits per heavy atom. The molecule has 4 nitrogen and oxygen atoms in total. The van der Waals surface area contributed by atoms with Gasteiger partial charge in [0.2, 0.25) is 0 Å². The third-order valence-corrected chi connectivity index (χ3v) is 5.00. The molecule has 0 saturated carbocycles. The fourth-order valence-electron chi connectivity index (χ4n) is 1.23. The average Bonchev–Trinajstić information content (AvgIpc) is 2.21. The molecule has 0 amide bonds. The van der Waals surface area contributed by atoms with E-state index in [1.54, 1.807) is 13.2 Å². The maximum atomic E-state index is 11.2. The maximum absolute atomic E-state index is 11.2. The molecule has 0 aromatic heterocycles. The molecule has 0 aliphatic carbocycles. The minimum Gasteiger partial charge on any atom is -0.314 e. The molecule has 0 rings (SSSR count). The number of nitrogens with one attached hydrogen (secondary N) is 1. The van der Waals surface area contributed by atoms with Gasteiger partial charge in [0, 0.05) is 34.6 Å². The summed E-state index contributed by atoms with van der Waals surface area (Å²) < 4.78 is 33.2. The lowest BCUT2D eigenvalue weighted by molar-refractivity contribution is 0.530. The van der Waals surface area contributed by atoms with Gasteiger partial charge < -0.3 is 5.32 Å². The molecule has 0 aliphatic heterocycles. The van der Waals surface area contributed by atoms with E-state index in [-0.39, 0.29) is 11.5 Å². The normalized spacial score (nSPS) is 15.9. The van der Waals surface area contributed by atoms with Crippen LogP contribution < -0.4 is 5.32 Å². The van der Waals surface area contributed by atoms with Crippen molar-refractivity contribution in [1.82, 2.24) is 5.32 Å². The summed E-state index contributed by atoms with van der Waals surface area (Å²) in [5.41, 5.74) is 0. The summed E-state index contributed by atoms with van der Waals surface area (Å²) in [6, 6.07) is 0.299. The summed E-state index contributed by atoms with van der Waals surface area (Å²) in [4.78, 5) is 0. The molecule has 1 N–H and O–H groups in total. The molecular weight excluding hydrogens is 246 g/mol. The summed E-state index contributed by atoms with van der Waals surface area (Å²) >= 11 is 0. The van der Waals surface area contributed by atoms with E-state index in [0.29, 0.717) is 24.8 Å². The van der Waals surface area contributed by atoms with E-state index in [1.165, 1.54) is 0 Å². The van der Waals surface area contributed by atoms with Gasteiger partial charge in [0.25, 0.3) is 0 Å². The largest absolute Gasteiger partial charge is 0.314 e. The van der Waals surface area contributed by atoms with Crippen LogP contribution in [0.5, 0.6) is 0 Å². The number of rotatable bonds is 9. The van der Waals surface area contributed by atoms with Crippen LogP contribution in [0.2, 0.25) is 0 Å². The zero-order valence-electron chi connectivity index (χ0n) is 10.4. The van der Waals surface area contributed by atoms with Gasteiger partial charge in [-0.25, -0.2) is 8.42 Å². The Hall–Kier alpha value is 0.0600. The Kier molecular flexibility index (Phi) is 8.23. The van der Waals surface area contributed by atoms with Crippen LogP contribution in [0.25, 0.3) is 0 Å². The van der Waals surface area contributed by atoms with Crippen LogP contribution in [0.4, 0.5) is 0 Å². The van der Waals surface area contributed by atoms with Crippen molar-refractivity contribution in [1.29, 1.82) is 0 Å². The lowest BCUT2D eigenvalue weighted by Gasteiger charge is -2.12. The summed E-state index contributed by atoms with van der Waals surface area (Å²) in [7, 11) is -3.58. The van der Waals surface area contributed by atoms with Crippen molar-refractivity contribution in [3.8, 4) is 0 Å². The van der Waals surface area contributed by atoms with Crippen molar-refractivity contribution >= 4 is 20.6 Å². The Labute approximate surface area is 102 Å². The molecule has 2 atom stereocenters. The van der Waals surface area contributed by atoms with Crippen LogP contribution >= 0.6 is 0 Å². The number of sulfone groups is 1. The maximum Gasteiger partial charge on any atom is 0.150 e. The SMILES string of the molecule is CCS(=O)(=O)CCCNC(C)CCS(C)=O. The molecule has 0 heterocycles. The van der Waals surface area contributed by atoms with E-state index in [9.17, 15) is 12.6 Å². The molecule has 0 spiro atoms. The van der Waals surface area contributed by atoms with Crippen molar-refractivity contribution in [2.24, 2.45) is 0 Å². The highest BCUT2D eigenvalue weighted by Crippen LogP contribution is 1.95. The standard InChI is InChI=1S/C10H23NO3S2/c1-4-16(13,14)9-5-7-11-10(2)6-8-15(3)12/h10-11H,4-9H2,1-3H3. The molecule has 16 heavy (non-hydrogen) atoms. The predicted octanol–water partition coefficient (Wildman–Crippen LogP) is 0.558. The van der Waals surface area contributed by atoms with Crippen molar-refractivity contribution in [3.63, 3.8) is 0 Å². The van der Waals surface area contributed by atoms with Crippen LogP contribution in [0, 0.1) is 0 Å². The third kappa shape index (κ3) is 9.30. The molecule has 6 heteroatoms. The highest BCUT2D eigenvalue weighted by atomic mass is 32.2. The van der Waals surface area contributed by atoms with Crippen molar-refractivity contribution < 1.29 is 12.6 Å². The van der Waals surface area contributed by atoms with Crippen molar-refractivity contribution in [2.45, 2.75) is 32.7 Å². The Bertz CT molecular complexity index is 301. The van der Waals surface area contributed by atoms with E-state index >= 15 is 0 Å². The van der Waals surface area contributed by atoms with Gasteiger partial charge in [-0.1, -0.05) is 6.92 Å². The molecule has 0 bridgehead atoms. The van der Waals surface area contributed by atoms with E-state index in [2.05, 4.69) is 5.32 Å². The second-order valence-corrected chi connectivity index (χ2v) is 8.04. The van der Waals surface area contributed by atoms with Crippen LogP contribution in [0.3, 0.4) is 0 Å². The minimum absolute atomic E-state index is 0.220. The first kappa shape index (κ1) is 16.1. The first-order chi connectivity index (χ1) is 7.37. The van der Waals surface area contributed by atoms with E-state index in [0.717, 1.165) is 6.42 Å². The molecule has 0 fully saturated rings. The van der Waals surface area contributed by atoms with E-state index < -0.39 is 20.6 Å². The fourth-order valence-corrected chi connectivity index (χ4v) is 2.79. The van der Waals surface area contributed by atoms with Crippen LogP contribution in [-0.4, -0.2) is 48.7 Å². The van der Waals surface area contributed by atoms with Gasteiger partial charge in [-0.15, -0.1) is 0 Å². The van der Waals surface area contributed by atoms with Gasteiger partial charge >= 0.3 is 0 Å². The van der Waals surface area contributed by atoms with Crippen molar-refractivity contribution in [2.75, 3.05) is 30.1 Å². The lowest BCUT2D eigenvalue weighted by atomic mass is 10.2. The van der Waals surface area contributed by atoms with Gasteiger partial charge in [-0.2, -0.15) is 0 Å². The predicted molar refractivity (Wildman–Crippen MR) is 70.0 cm³/mol. The third-order valence-electron chi connectivity index (χ3n) is 2.40. The monoisotopic (exact) mass is 269 g/mol. The lowest BCUT2D eigenvalue weighted by Crippen LogP contribution is -2.29. The molecule has 98 valence electrons. The first-order valence-corrected chi connectivity index (χ1v) is 9.16. The highest BCUT2D eigenvalue weighted by Gasteiger charge is 2.07. The van der Waals surface area contributed by atoms with Crippen LogP contribution in [-0.2, 0) is 20.6 Å². The second-order valence-electron chi connectivity index (χ2n) is 4.01. The van der Waals surface area contributed by atoms with Crippen LogP contribution in [0.15, 0.2) is 0 Å². The zero-order valence-corrected chi connectivity index (χ0v) is 12.0. The molecule has 0 aliphatic rings. The van der Waals surface area contributed by atoms with Gasteiger partial charge in [0.1, 0.15) is 9.84 Å². The number of hydrogen-bond donors (Lipinski definition) is 1. The summed E-state index contributed by atoms with van der Waals surface area (Å²) in [6.07, 6.45) is 3.21. The summed E-state index contributed by atoms with van der Waals surface area (Å²) in [5.74, 6) is 1.17. The Morgan fingerprint density at radius 2 is 2.00 bits per heavy atom. The first-order valence-electron chi connectivity index (χ1n) is 5.61. The fraction of sp³-hybridized carbons (Fsp3) is 1.00. The quantitative estimate of drug-likeness (QED) is 0.621. The van der Waals surface area contributed by atoms with E-state index in [1.807, 2.05) is 6.92 Å².